The van der Waals surface area contributed by atoms with E-state index >= 15 is 0 Å². The van der Waals surface area contributed by atoms with E-state index in [1.807, 2.05) is 13.8 Å². The van der Waals surface area contributed by atoms with Crippen LogP contribution in [0, 0.1) is 11.7 Å². The van der Waals surface area contributed by atoms with Crippen molar-refractivity contribution in [1.29, 1.82) is 0 Å². The monoisotopic (exact) mass is 232 g/mol. The number of ketones is 1. The highest BCUT2D eigenvalue weighted by Crippen LogP contribution is 2.24. The number of Topliss-reactive ketones (excluding diaryl/α,β-unsaturated/α-hetero) is 1. The zero-order chi connectivity index (χ0) is 12.4. The molecule has 0 bridgehead atoms. The molecule has 17 heavy (non-hydrogen) atoms. The number of halogens is 1. The third-order valence-electron chi connectivity index (χ3n) is 2.48. The highest BCUT2D eigenvalue weighted by Gasteiger charge is 2.15. The van der Waals surface area contributed by atoms with Gasteiger partial charge in [-0.2, -0.15) is 0 Å². The molecule has 0 N–H and O–H groups in total. The largest absolute Gasteiger partial charge is 0.453 e. The molecule has 0 aliphatic rings. The van der Waals surface area contributed by atoms with Crippen molar-refractivity contribution in [3.05, 3.63) is 48.0 Å². The fourth-order valence-electron chi connectivity index (χ4n) is 1.55. The molecule has 0 aliphatic carbocycles. The Morgan fingerprint density at radius 3 is 2.65 bits per heavy atom. The summed E-state index contributed by atoms with van der Waals surface area (Å²) in [4.78, 5) is 11.7. The molecule has 1 aromatic heterocycles. The molecule has 1 aromatic carbocycles. The predicted molar refractivity (Wildman–Crippen MR) is 63.3 cm³/mol. The minimum atomic E-state index is -0.323. The molecule has 0 unspecified atom stereocenters. The molecule has 2 aromatic rings. The second-order valence-electron chi connectivity index (χ2n) is 4.19. The number of furan rings is 1. The van der Waals surface area contributed by atoms with Crippen LogP contribution in [-0.2, 0) is 0 Å². The molecule has 0 radical (unpaired) electrons. The van der Waals surface area contributed by atoms with Gasteiger partial charge in [0.15, 0.2) is 5.76 Å². The van der Waals surface area contributed by atoms with E-state index in [9.17, 15) is 9.18 Å². The quantitative estimate of drug-likeness (QED) is 0.750. The highest BCUT2D eigenvalue weighted by molar-refractivity contribution is 5.95. The molecule has 1 heterocycles. The summed E-state index contributed by atoms with van der Waals surface area (Å²) in [6, 6.07) is 9.41. The van der Waals surface area contributed by atoms with Crippen LogP contribution in [0.4, 0.5) is 4.39 Å². The zero-order valence-electron chi connectivity index (χ0n) is 9.74. The van der Waals surface area contributed by atoms with Gasteiger partial charge in [0.05, 0.1) is 0 Å². The summed E-state index contributed by atoms with van der Waals surface area (Å²) in [7, 11) is 0. The summed E-state index contributed by atoms with van der Waals surface area (Å²) < 4.78 is 18.5. The summed E-state index contributed by atoms with van der Waals surface area (Å²) in [5.41, 5.74) is 0.632. The molecule has 0 fully saturated rings. The van der Waals surface area contributed by atoms with Gasteiger partial charge in [-0.05, 0) is 24.3 Å². The van der Waals surface area contributed by atoms with Gasteiger partial charge in [-0.1, -0.05) is 26.0 Å². The number of rotatable bonds is 3. The Hall–Kier alpha value is -1.90. The smallest absolute Gasteiger partial charge is 0.200 e. The second-order valence-corrected chi connectivity index (χ2v) is 4.19. The molecular weight excluding hydrogens is 219 g/mol. The lowest BCUT2D eigenvalue weighted by Crippen LogP contribution is -2.05. The summed E-state index contributed by atoms with van der Waals surface area (Å²) in [6.45, 7) is 3.62. The van der Waals surface area contributed by atoms with Crippen molar-refractivity contribution in [2.45, 2.75) is 13.8 Å². The van der Waals surface area contributed by atoms with E-state index in [4.69, 9.17) is 4.42 Å². The Balaban J connectivity index is 2.33. The van der Waals surface area contributed by atoms with E-state index < -0.39 is 0 Å². The van der Waals surface area contributed by atoms with Crippen molar-refractivity contribution in [2.24, 2.45) is 5.92 Å². The van der Waals surface area contributed by atoms with Gasteiger partial charge in [0.2, 0.25) is 5.78 Å². The van der Waals surface area contributed by atoms with Crippen LogP contribution >= 0.6 is 0 Å². The Labute approximate surface area is 99.1 Å². The SMILES string of the molecule is CC(C)C(=O)c1ccc(-c2cccc(F)c2)o1. The van der Waals surface area contributed by atoms with Crippen molar-refractivity contribution in [3.63, 3.8) is 0 Å². The predicted octanol–water partition coefficient (Wildman–Crippen LogP) is 3.92. The third-order valence-corrected chi connectivity index (χ3v) is 2.48. The van der Waals surface area contributed by atoms with Crippen LogP contribution in [0.5, 0.6) is 0 Å². The molecule has 2 rings (SSSR count). The lowest BCUT2D eigenvalue weighted by atomic mass is 10.1. The Bertz CT molecular complexity index is 541. The summed E-state index contributed by atoms with van der Waals surface area (Å²) in [5.74, 6) is 0.345. The van der Waals surface area contributed by atoms with Gasteiger partial charge >= 0.3 is 0 Å². The van der Waals surface area contributed by atoms with E-state index in [2.05, 4.69) is 0 Å². The first-order chi connectivity index (χ1) is 8.08. The minimum absolute atomic E-state index is 0.0485. The number of carbonyl (C=O) groups excluding carboxylic acids is 1. The first kappa shape index (κ1) is 11.6. The van der Waals surface area contributed by atoms with Gasteiger partial charge in [0, 0.05) is 11.5 Å². The average Bonchev–Trinajstić information content (AvgIpc) is 2.77. The van der Waals surface area contributed by atoms with Crippen LogP contribution in [-0.4, -0.2) is 5.78 Å². The Morgan fingerprint density at radius 1 is 1.24 bits per heavy atom. The van der Waals surface area contributed by atoms with Crippen LogP contribution < -0.4 is 0 Å². The molecule has 0 saturated carbocycles. The lowest BCUT2D eigenvalue weighted by molar-refractivity contribution is 0.0912. The number of benzene rings is 1. The summed E-state index contributed by atoms with van der Waals surface area (Å²) in [5, 5.41) is 0. The maximum absolute atomic E-state index is 13.0. The number of hydrogen-bond donors (Lipinski definition) is 0. The fraction of sp³-hybridized carbons (Fsp3) is 0.214. The molecule has 0 atom stereocenters. The molecule has 3 heteroatoms. The number of hydrogen-bond acceptors (Lipinski definition) is 2. The lowest BCUT2D eigenvalue weighted by Gasteiger charge is -2.00. The topological polar surface area (TPSA) is 30.2 Å². The third kappa shape index (κ3) is 2.44. The van der Waals surface area contributed by atoms with Crippen molar-refractivity contribution < 1.29 is 13.6 Å². The second kappa shape index (κ2) is 4.53. The van der Waals surface area contributed by atoms with Gasteiger partial charge < -0.3 is 4.42 Å². The van der Waals surface area contributed by atoms with E-state index in [-0.39, 0.29) is 17.5 Å². The summed E-state index contributed by atoms with van der Waals surface area (Å²) in [6.07, 6.45) is 0. The van der Waals surface area contributed by atoms with Crippen LogP contribution in [0.2, 0.25) is 0 Å². The van der Waals surface area contributed by atoms with Gasteiger partial charge in [-0.25, -0.2) is 4.39 Å². The molecule has 0 aliphatic heterocycles. The first-order valence-electron chi connectivity index (χ1n) is 5.48. The maximum Gasteiger partial charge on any atom is 0.200 e. The molecule has 0 saturated heterocycles. The van der Waals surface area contributed by atoms with Crippen molar-refractivity contribution in [1.82, 2.24) is 0 Å². The van der Waals surface area contributed by atoms with Gasteiger partial charge in [0.1, 0.15) is 11.6 Å². The molecule has 2 nitrogen and oxygen atoms in total. The standard InChI is InChI=1S/C14H13FO2/c1-9(2)14(16)13-7-6-12(17-13)10-4-3-5-11(15)8-10/h3-9H,1-2H3. The Morgan fingerprint density at radius 2 is 2.00 bits per heavy atom. The first-order valence-corrected chi connectivity index (χ1v) is 5.48. The highest BCUT2D eigenvalue weighted by atomic mass is 19.1. The maximum atomic E-state index is 13.0. The van der Waals surface area contributed by atoms with Crippen LogP contribution in [0.3, 0.4) is 0 Å². The molecule has 0 amide bonds. The number of carbonyl (C=O) groups is 1. The van der Waals surface area contributed by atoms with Gasteiger partial charge in [-0.15, -0.1) is 0 Å². The molecule has 88 valence electrons. The van der Waals surface area contributed by atoms with Crippen molar-refractivity contribution in [3.8, 4) is 11.3 Å². The van der Waals surface area contributed by atoms with Crippen molar-refractivity contribution >= 4 is 5.78 Å². The van der Waals surface area contributed by atoms with E-state index in [0.29, 0.717) is 17.1 Å². The van der Waals surface area contributed by atoms with Crippen LogP contribution in [0.15, 0.2) is 40.8 Å². The van der Waals surface area contributed by atoms with E-state index in [0.717, 1.165) is 0 Å². The van der Waals surface area contributed by atoms with E-state index in [1.165, 1.54) is 12.1 Å². The Kier molecular flexibility index (Phi) is 3.09. The summed E-state index contributed by atoms with van der Waals surface area (Å²) >= 11 is 0. The van der Waals surface area contributed by atoms with Gasteiger partial charge in [-0.3, -0.25) is 4.79 Å². The molecule has 0 spiro atoms. The van der Waals surface area contributed by atoms with E-state index in [1.54, 1.807) is 24.3 Å². The zero-order valence-corrected chi connectivity index (χ0v) is 9.74. The van der Waals surface area contributed by atoms with Crippen molar-refractivity contribution in [2.75, 3.05) is 0 Å². The minimum Gasteiger partial charge on any atom is -0.453 e. The fourth-order valence-corrected chi connectivity index (χ4v) is 1.55. The average molecular weight is 232 g/mol. The normalized spacial score (nSPS) is 10.8. The molecular formula is C14H13FO2. The van der Waals surface area contributed by atoms with Gasteiger partial charge in [0.25, 0.3) is 0 Å². The van der Waals surface area contributed by atoms with Crippen LogP contribution in [0.25, 0.3) is 11.3 Å². The van der Waals surface area contributed by atoms with Crippen LogP contribution in [0.1, 0.15) is 24.4 Å².